The summed E-state index contributed by atoms with van der Waals surface area (Å²) in [6.07, 6.45) is 3.52. The van der Waals surface area contributed by atoms with Gasteiger partial charge in [0.2, 0.25) is 0 Å². The van der Waals surface area contributed by atoms with Crippen molar-refractivity contribution in [3.63, 3.8) is 0 Å². The van der Waals surface area contributed by atoms with Crippen LogP contribution in [0.2, 0.25) is 0 Å². The summed E-state index contributed by atoms with van der Waals surface area (Å²) in [5.41, 5.74) is 0.0420. The molecule has 0 spiro atoms. The Balaban J connectivity index is 2.09. The number of rotatable bonds is 11. The summed E-state index contributed by atoms with van der Waals surface area (Å²) in [4.78, 5) is 35.5. The zero-order chi connectivity index (χ0) is 21.6. The van der Waals surface area contributed by atoms with E-state index in [0.717, 1.165) is 0 Å². The lowest BCUT2D eigenvalue weighted by molar-refractivity contribution is -0.143. The molecule has 2 aromatic rings. The molecule has 0 unspecified atom stereocenters. The van der Waals surface area contributed by atoms with Gasteiger partial charge in [-0.1, -0.05) is 32.0 Å². The number of aryl methyl sites for hydroxylation is 2. The van der Waals surface area contributed by atoms with Crippen LogP contribution in [0.3, 0.4) is 0 Å². The highest BCUT2D eigenvalue weighted by Gasteiger charge is 2.27. The average Bonchev–Trinajstić information content (AvgIpc) is 2.99. The van der Waals surface area contributed by atoms with Gasteiger partial charge in [0.15, 0.2) is 0 Å². The third-order valence-electron chi connectivity index (χ3n) is 4.58. The van der Waals surface area contributed by atoms with Crippen molar-refractivity contribution in [3.8, 4) is 0 Å². The molecule has 0 bridgehead atoms. The number of nitrogens with one attached hydrogen (secondary N) is 1. The Hall–Kier alpha value is -2.94. The Bertz CT molecular complexity index is 906. The monoisotopic (exact) mass is 407 g/mol. The van der Waals surface area contributed by atoms with Gasteiger partial charge in [0.05, 0.1) is 6.54 Å². The highest BCUT2D eigenvalue weighted by molar-refractivity contribution is 5.77. The summed E-state index contributed by atoms with van der Waals surface area (Å²) in [6.45, 7) is 3.70. The first-order valence-corrected chi connectivity index (χ1v) is 9.39. The van der Waals surface area contributed by atoms with E-state index in [1.807, 2.05) is 13.8 Å². The third kappa shape index (κ3) is 6.28. The number of carboxylic acid groups (broad SMARTS) is 2. The number of hydrogen-bond donors (Lipinski definition) is 3. The van der Waals surface area contributed by atoms with Gasteiger partial charge in [0, 0.05) is 18.9 Å². The van der Waals surface area contributed by atoms with Gasteiger partial charge in [-0.05, 0) is 30.4 Å². The largest absolute Gasteiger partial charge is 0.480 e. The standard InChI is InChI=1S/C20H26FN3O5/c1-13(2)11-16(18(25)26)22-17(19(27)28)12-24-10-9-23(20(24)29)8-7-14-5-3-4-6-15(14)21/h3-6,9-10,13,16-17,22H,7-8,11-12H2,1-2H3,(H,25,26)(H,27,28)/t16-,17-/m0/s1. The van der Waals surface area contributed by atoms with Crippen LogP contribution in [0.15, 0.2) is 41.5 Å². The highest BCUT2D eigenvalue weighted by Crippen LogP contribution is 2.09. The van der Waals surface area contributed by atoms with Crippen LogP contribution >= 0.6 is 0 Å². The van der Waals surface area contributed by atoms with E-state index in [9.17, 15) is 29.0 Å². The lowest BCUT2D eigenvalue weighted by Crippen LogP contribution is -2.50. The van der Waals surface area contributed by atoms with Crippen LogP contribution in [0, 0.1) is 11.7 Å². The number of aliphatic carboxylic acids is 2. The van der Waals surface area contributed by atoms with Crippen molar-refractivity contribution < 1.29 is 24.2 Å². The first kappa shape index (κ1) is 22.4. The number of aromatic nitrogens is 2. The van der Waals surface area contributed by atoms with E-state index in [1.165, 1.54) is 27.6 Å². The van der Waals surface area contributed by atoms with Gasteiger partial charge < -0.3 is 10.2 Å². The van der Waals surface area contributed by atoms with E-state index in [2.05, 4.69) is 5.32 Å². The summed E-state index contributed by atoms with van der Waals surface area (Å²) < 4.78 is 16.3. The zero-order valence-corrected chi connectivity index (χ0v) is 16.4. The van der Waals surface area contributed by atoms with Gasteiger partial charge in [0.25, 0.3) is 0 Å². The van der Waals surface area contributed by atoms with Crippen LogP contribution in [-0.2, 0) is 29.1 Å². The van der Waals surface area contributed by atoms with Crippen LogP contribution < -0.4 is 11.0 Å². The van der Waals surface area contributed by atoms with E-state index in [-0.39, 0.29) is 31.2 Å². The van der Waals surface area contributed by atoms with Crippen LogP contribution in [0.5, 0.6) is 0 Å². The smallest absolute Gasteiger partial charge is 0.328 e. The Kier molecular flexibility index (Phi) is 7.72. The molecule has 0 saturated heterocycles. The van der Waals surface area contributed by atoms with E-state index in [0.29, 0.717) is 12.0 Å². The fraction of sp³-hybridized carbons (Fsp3) is 0.450. The average molecular weight is 407 g/mol. The van der Waals surface area contributed by atoms with Crippen molar-refractivity contribution in [2.24, 2.45) is 5.92 Å². The molecule has 0 aliphatic carbocycles. The lowest BCUT2D eigenvalue weighted by Gasteiger charge is -2.21. The van der Waals surface area contributed by atoms with Crippen molar-refractivity contribution in [3.05, 3.63) is 58.5 Å². The number of halogens is 1. The van der Waals surface area contributed by atoms with Crippen LogP contribution in [0.1, 0.15) is 25.8 Å². The molecule has 158 valence electrons. The van der Waals surface area contributed by atoms with E-state index in [4.69, 9.17) is 0 Å². The predicted octanol–water partition coefficient (Wildman–Crippen LogP) is 1.57. The van der Waals surface area contributed by atoms with E-state index < -0.39 is 29.7 Å². The van der Waals surface area contributed by atoms with Gasteiger partial charge in [-0.25, -0.2) is 9.18 Å². The molecule has 0 aliphatic rings. The van der Waals surface area contributed by atoms with Gasteiger partial charge in [-0.15, -0.1) is 0 Å². The minimum absolute atomic E-state index is 0.0558. The molecule has 29 heavy (non-hydrogen) atoms. The van der Waals surface area contributed by atoms with Crippen molar-refractivity contribution in [2.75, 3.05) is 0 Å². The Morgan fingerprint density at radius 2 is 1.69 bits per heavy atom. The molecule has 0 aliphatic heterocycles. The molecule has 9 heteroatoms. The van der Waals surface area contributed by atoms with Gasteiger partial charge in [0.1, 0.15) is 17.9 Å². The normalized spacial score (nSPS) is 13.4. The molecule has 1 aromatic heterocycles. The number of hydrogen-bond acceptors (Lipinski definition) is 4. The topological polar surface area (TPSA) is 114 Å². The molecule has 8 nitrogen and oxygen atoms in total. The van der Waals surface area contributed by atoms with Crippen molar-refractivity contribution in [2.45, 2.75) is 51.9 Å². The number of carbonyl (C=O) groups is 2. The minimum Gasteiger partial charge on any atom is -0.480 e. The van der Waals surface area contributed by atoms with Crippen LogP contribution in [0.4, 0.5) is 4.39 Å². The fourth-order valence-electron chi connectivity index (χ4n) is 3.06. The highest BCUT2D eigenvalue weighted by atomic mass is 19.1. The fourth-order valence-corrected chi connectivity index (χ4v) is 3.06. The van der Waals surface area contributed by atoms with Crippen molar-refractivity contribution >= 4 is 11.9 Å². The first-order valence-electron chi connectivity index (χ1n) is 9.39. The summed E-state index contributed by atoms with van der Waals surface area (Å²) >= 11 is 0. The maximum atomic E-state index is 13.7. The molecule has 0 amide bonds. The summed E-state index contributed by atoms with van der Waals surface area (Å²) in [5, 5.41) is 21.4. The van der Waals surface area contributed by atoms with Gasteiger partial charge in [-0.2, -0.15) is 0 Å². The molecule has 0 fully saturated rings. The van der Waals surface area contributed by atoms with Gasteiger partial charge >= 0.3 is 17.6 Å². The molecule has 2 rings (SSSR count). The van der Waals surface area contributed by atoms with Crippen molar-refractivity contribution in [1.82, 2.24) is 14.5 Å². The lowest BCUT2D eigenvalue weighted by atomic mass is 10.0. The van der Waals surface area contributed by atoms with Crippen LogP contribution in [-0.4, -0.2) is 43.4 Å². The minimum atomic E-state index is -1.24. The maximum absolute atomic E-state index is 13.7. The second-order valence-electron chi connectivity index (χ2n) is 7.35. The first-order chi connectivity index (χ1) is 13.7. The van der Waals surface area contributed by atoms with Crippen LogP contribution in [0.25, 0.3) is 0 Å². The molecule has 1 heterocycles. The summed E-state index contributed by atoms with van der Waals surface area (Å²) in [7, 11) is 0. The number of benzene rings is 1. The second-order valence-corrected chi connectivity index (χ2v) is 7.35. The molecule has 3 N–H and O–H groups in total. The molecular formula is C20H26FN3O5. The molecular weight excluding hydrogens is 381 g/mol. The van der Waals surface area contributed by atoms with E-state index in [1.54, 1.807) is 18.2 Å². The SMILES string of the molecule is CC(C)C[C@H](N[C@@H](Cn1ccn(CCc2ccccc2F)c1=O)C(=O)O)C(=O)O. The van der Waals surface area contributed by atoms with Gasteiger partial charge in [-0.3, -0.25) is 24.0 Å². The number of imidazole rings is 1. The van der Waals surface area contributed by atoms with Crippen molar-refractivity contribution in [1.29, 1.82) is 0 Å². The quantitative estimate of drug-likeness (QED) is 0.521. The Labute approximate surface area is 167 Å². The zero-order valence-electron chi connectivity index (χ0n) is 16.4. The number of carboxylic acids is 2. The predicted molar refractivity (Wildman–Crippen MR) is 104 cm³/mol. The molecule has 0 saturated carbocycles. The maximum Gasteiger partial charge on any atom is 0.328 e. The summed E-state index contributed by atoms with van der Waals surface area (Å²) in [5.74, 6) is -2.68. The molecule has 2 atom stereocenters. The molecule has 1 aromatic carbocycles. The van der Waals surface area contributed by atoms with E-state index >= 15 is 0 Å². The second kappa shape index (κ2) is 10.0. The molecule has 0 radical (unpaired) electrons. The third-order valence-corrected chi connectivity index (χ3v) is 4.58. The summed E-state index contributed by atoms with van der Waals surface area (Å²) in [6, 6.07) is 4.02. The number of nitrogens with zero attached hydrogens (tertiary/aromatic N) is 2. The Morgan fingerprint density at radius 3 is 2.28 bits per heavy atom. The Morgan fingerprint density at radius 1 is 1.07 bits per heavy atom.